The van der Waals surface area contributed by atoms with Gasteiger partial charge in [-0.05, 0) is 33.0 Å². The maximum absolute atomic E-state index is 10.5. The van der Waals surface area contributed by atoms with Crippen molar-refractivity contribution >= 4 is 21.9 Å². The zero-order valence-electron chi connectivity index (χ0n) is 10.8. The van der Waals surface area contributed by atoms with Crippen LogP contribution >= 0.6 is 11.8 Å². The van der Waals surface area contributed by atoms with E-state index in [1.165, 1.54) is 24.4 Å². The van der Waals surface area contributed by atoms with E-state index in [-0.39, 0.29) is 4.90 Å². The first kappa shape index (κ1) is 15.5. The number of hydrogen-bond donors (Lipinski definition) is 1. The van der Waals surface area contributed by atoms with Crippen LogP contribution in [0.25, 0.3) is 0 Å². The van der Waals surface area contributed by atoms with Crippen molar-refractivity contribution in [1.82, 2.24) is 4.90 Å². The lowest BCUT2D eigenvalue weighted by Crippen LogP contribution is -2.19. The summed E-state index contributed by atoms with van der Waals surface area (Å²) in [6.45, 7) is 5.36. The molecule has 2 rings (SSSR count). The third kappa shape index (κ3) is 4.97. The molecule has 1 unspecified atom stereocenters. The van der Waals surface area contributed by atoms with Gasteiger partial charge in [0.15, 0.2) is 0 Å². The highest BCUT2D eigenvalue weighted by Gasteiger charge is 2.14. The first-order valence-corrected chi connectivity index (χ1v) is 8.15. The fourth-order valence-corrected chi connectivity index (χ4v) is 2.96. The van der Waals surface area contributed by atoms with Crippen LogP contribution in [0.5, 0.6) is 0 Å². The van der Waals surface area contributed by atoms with Crippen LogP contribution in [0.4, 0.5) is 0 Å². The van der Waals surface area contributed by atoms with E-state index in [0.29, 0.717) is 0 Å². The summed E-state index contributed by atoms with van der Waals surface area (Å²) in [4.78, 5) is 2.30. The van der Waals surface area contributed by atoms with Gasteiger partial charge in [0.1, 0.15) is 0 Å². The number of thioether (sulfide) groups is 1. The molecule has 6 heteroatoms. The first-order valence-electron chi connectivity index (χ1n) is 5.66. The Morgan fingerprint density at radius 3 is 2.17 bits per heavy atom. The molecular weight excluding hydrogens is 270 g/mol. The molecule has 102 valence electrons. The number of benzene rings is 1. The highest BCUT2D eigenvalue weighted by Crippen LogP contribution is 2.19. The van der Waals surface area contributed by atoms with Gasteiger partial charge in [0.25, 0.3) is 10.1 Å². The van der Waals surface area contributed by atoms with Gasteiger partial charge in [-0.1, -0.05) is 17.7 Å². The fraction of sp³-hybridized carbons (Fsp3) is 0.500. The Morgan fingerprint density at radius 2 is 1.89 bits per heavy atom. The van der Waals surface area contributed by atoms with E-state index < -0.39 is 10.1 Å². The lowest BCUT2D eigenvalue weighted by Gasteiger charge is -2.10. The Labute approximate surface area is 113 Å². The van der Waals surface area contributed by atoms with Crippen molar-refractivity contribution in [3.8, 4) is 0 Å². The molecule has 1 aromatic rings. The van der Waals surface area contributed by atoms with Gasteiger partial charge in [-0.25, -0.2) is 0 Å². The van der Waals surface area contributed by atoms with Gasteiger partial charge in [0.05, 0.1) is 10.3 Å². The molecule has 0 aromatic heterocycles. The van der Waals surface area contributed by atoms with E-state index in [1.54, 1.807) is 12.1 Å². The standard InChI is InChI=1S/C7H8O3S.C5H11NS/c1-6-2-4-7(5-3-6)11(8,9)10;1-5-6(2)3-4-7-5/h2-5H,1H3,(H,8,9,10);5H,3-4H2,1-2H3. The van der Waals surface area contributed by atoms with Crippen molar-refractivity contribution in [2.24, 2.45) is 0 Å². The van der Waals surface area contributed by atoms with Gasteiger partial charge >= 0.3 is 0 Å². The maximum atomic E-state index is 10.5. The van der Waals surface area contributed by atoms with E-state index in [1.807, 2.05) is 18.7 Å². The number of aryl methyl sites for hydroxylation is 1. The molecule has 1 atom stereocenters. The smallest absolute Gasteiger partial charge is 0.294 e. The van der Waals surface area contributed by atoms with Crippen LogP contribution < -0.4 is 0 Å². The third-order valence-electron chi connectivity index (χ3n) is 2.74. The first-order chi connectivity index (χ1) is 8.30. The Bertz CT molecular complexity index is 463. The van der Waals surface area contributed by atoms with Gasteiger partial charge < -0.3 is 0 Å². The number of rotatable bonds is 1. The molecule has 1 heterocycles. The van der Waals surface area contributed by atoms with Crippen LogP contribution in [0.15, 0.2) is 29.2 Å². The van der Waals surface area contributed by atoms with E-state index in [2.05, 4.69) is 18.9 Å². The van der Waals surface area contributed by atoms with Gasteiger partial charge in [-0.2, -0.15) is 8.42 Å². The molecule has 18 heavy (non-hydrogen) atoms. The molecule has 0 saturated carbocycles. The summed E-state index contributed by atoms with van der Waals surface area (Å²) in [7, 11) is -1.85. The molecule has 0 radical (unpaired) electrons. The Hall–Kier alpha value is -0.560. The lowest BCUT2D eigenvalue weighted by molar-refractivity contribution is 0.368. The van der Waals surface area contributed by atoms with Crippen molar-refractivity contribution in [3.05, 3.63) is 29.8 Å². The summed E-state index contributed by atoms with van der Waals surface area (Å²) >= 11 is 2.03. The molecule has 1 N–H and O–H groups in total. The van der Waals surface area contributed by atoms with Crippen molar-refractivity contribution in [3.63, 3.8) is 0 Å². The van der Waals surface area contributed by atoms with Gasteiger partial charge in [-0.3, -0.25) is 9.45 Å². The summed E-state index contributed by atoms with van der Waals surface area (Å²) in [6.07, 6.45) is 0. The lowest BCUT2D eigenvalue weighted by atomic mass is 10.2. The summed E-state index contributed by atoms with van der Waals surface area (Å²) in [6, 6.07) is 5.99. The summed E-state index contributed by atoms with van der Waals surface area (Å²) in [5.41, 5.74) is 0.956. The van der Waals surface area contributed by atoms with Crippen LogP contribution in [-0.4, -0.2) is 42.6 Å². The second-order valence-electron chi connectivity index (χ2n) is 4.24. The second-order valence-corrected chi connectivity index (χ2v) is 7.08. The average Bonchev–Trinajstić information content (AvgIpc) is 2.63. The molecule has 1 aliphatic heterocycles. The minimum atomic E-state index is -4.02. The Kier molecular flexibility index (Phi) is 5.65. The maximum Gasteiger partial charge on any atom is 0.294 e. The second kappa shape index (κ2) is 6.56. The van der Waals surface area contributed by atoms with Crippen molar-refractivity contribution in [1.29, 1.82) is 0 Å². The molecule has 0 aliphatic carbocycles. The predicted molar refractivity (Wildman–Crippen MR) is 75.5 cm³/mol. The van der Waals surface area contributed by atoms with Crippen LogP contribution in [0.1, 0.15) is 12.5 Å². The average molecular weight is 289 g/mol. The van der Waals surface area contributed by atoms with E-state index in [9.17, 15) is 8.42 Å². The van der Waals surface area contributed by atoms with Gasteiger partial charge in [0, 0.05) is 12.3 Å². The van der Waals surface area contributed by atoms with Gasteiger partial charge in [0.2, 0.25) is 0 Å². The van der Waals surface area contributed by atoms with E-state index in [4.69, 9.17) is 4.55 Å². The fourth-order valence-electron chi connectivity index (χ4n) is 1.39. The van der Waals surface area contributed by atoms with Crippen LogP contribution in [0.2, 0.25) is 0 Å². The summed E-state index contributed by atoms with van der Waals surface area (Å²) in [5, 5.41) is 0.764. The third-order valence-corrected chi connectivity index (χ3v) is 4.87. The molecule has 1 aliphatic rings. The zero-order valence-corrected chi connectivity index (χ0v) is 12.5. The Balaban J connectivity index is 0.000000199. The molecule has 0 bridgehead atoms. The largest absolute Gasteiger partial charge is 0.294 e. The van der Waals surface area contributed by atoms with E-state index >= 15 is 0 Å². The molecule has 0 spiro atoms. The molecule has 1 aromatic carbocycles. The minimum Gasteiger partial charge on any atom is -0.294 e. The van der Waals surface area contributed by atoms with Crippen LogP contribution in [-0.2, 0) is 10.1 Å². The number of nitrogens with zero attached hydrogens (tertiary/aromatic N) is 1. The predicted octanol–water partition coefficient (Wildman–Crippen LogP) is 2.25. The molecule has 0 amide bonds. The SMILES string of the molecule is CC1SCCN1C.Cc1ccc(S(=O)(=O)O)cc1. The quantitative estimate of drug-likeness (QED) is 0.804. The summed E-state index contributed by atoms with van der Waals surface area (Å²) < 4.78 is 29.6. The van der Waals surface area contributed by atoms with Gasteiger partial charge in [-0.15, -0.1) is 11.8 Å². The van der Waals surface area contributed by atoms with Crippen LogP contribution in [0, 0.1) is 6.92 Å². The van der Waals surface area contributed by atoms with E-state index in [0.717, 1.165) is 10.9 Å². The number of hydrogen-bond acceptors (Lipinski definition) is 4. The molecule has 1 saturated heterocycles. The summed E-state index contributed by atoms with van der Waals surface area (Å²) in [5.74, 6) is 1.32. The Morgan fingerprint density at radius 1 is 1.33 bits per heavy atom. The molecule has 4 nitrogen and oxygen atoms in total. The normalized spacial score (nSPS) is 20.3. The minimum absolute atomic E-state index is 0.0666. The highest BCUT2D eigenvalue weighted by atomic mass is 32.2. The topological polar surface area (TPSA) is 57.6 Å². The van der Waals surface area contributed by atoms with Crippen molar-refractivity contribution < 1.29 is 13.0 Å². The molecule has 1 fully saturated rings. The zero-order chi connectivity index (χ0) is 13.8. The van der Waals surface area contributed by atoms with Crippen molar-refractivity contribution in [2.75, 3.05) is 19.3 Å². The van der Waals surface area contributed by atoms with Crippen molar-refractivity contribution in [2.45, 2.75) is 24.1 Å². The molecular formula is C12H19NO3S2. The highest BCUT2D eigenvalue weighted by molar-refractivity contribution is 8.00. The monoisotopic (exact) mass is 289 g/mol. The van der Waals surface area contributed by atoms with Crippen LogP contribution in [0.3, 0.4) is 0 Å².